The molecule has 6 nitrogen and oxygen atoms in total. The summed E-state index contributed by atoms with van der Waals surface area (Å²) >= 11 is 0. The van der Waals surface area contributed by atoms with E-state index in [1.807, 2.05) is 0 Å². The van der Waals surface area contributed by atoms with E-state index in [0.29, 0.717) is 45.1 Å². The zero-order valence-electron chi connectivity index (χ0n) is 14.3. The molecular formula is C16H27F3N2O4. The van der Waals surface area contributed by atoms with Gasteiger partial charge in [0.2, 0.25) is 5.91 Å². The minimum Gasteiger partial charge on any atom is -0.481 e. The molecule has 0 aliphatic carbocycles. The highest BCUT2D eigenvalue weighted by Crippen LogP contribution is 2.14. The Morgan fingerprint density at radius 2 is 1.20 bits per heavy atom. The van der Waals surface area contributed by atoms with Crippen LogP contribution in [-0.2, 0) is 14.4 Å². The van der Waals surface area contributed by atoms with E-state index in [2.05, 4.69) is 5.32 Å². The fraction of sp³-hybridized carbons (Fsp3) is 0.812. The van der Waals surface area contributed by atoms with E-state index in [4.69, 9.17) is 5.11 Å². The number of aliphatic carboxylic acids is 1. The van der Waals surface area contributed by atoms with Crippen LogP contribution in [0.15, 0.2) is 0 Å². The Bertz CT molecular complexity index is 415. The van der Waals surface area contributed by atoms with Crippen LogP contribution < -0.4 is 10.6 Å². The van der Waals surface area contributed by atoms with Crippen molar-refractivity contribution < 1.29 is 32.7 Å². The summed E-state index contributed by atoms with van der Waals surface area (Å²) in [7, 11) is 0. The SMILES string of the molecule is O=C(O)CCCCCCNC(=O)CCCCCCNC(=O)C(F)(F)F. The second-order valence-corrected chi connectivity index (χ2v) is 5.83. The third-order valence-corrected chi connectivity index (χ3v) is 3.51. The number of amides is 2. The number of unbranched alkanes of at least 4 members (excludes halogenated alkanes) is 6. The minimum absolute atomic E-state index is 0.0214. The van der Waals surface area contributed by atoms with Gasteiger partial charge in [-0.3, -0.25) is 14.4 Å². The first-order valence-corrected chi connectivity index (χ1v) is 8.57. The molecule has 0 rings (SSSR count). The van der Waals surface area contributed by atoms with E-state index in [0.717, 1.165) is 19.3 Å². The number of hydrogen-bond acceptors (Lipinski definition) is 3. The molecule has 0 heterocycles. The van der Waals surface area contributed by atoms with Crippen LogP contribution in [0.4, 0.5) is 13.2 Å². The summed E-state index contributed by atoms with van der Waals surface area (Å²) < 4.78 is 35.7. The molecule has 25 heavy (non-hydrogen) atoms. The summed E-state index contributed by atoms with van der Waals surface area (Å²) in [6.45, 7) is 0.543. The van der Waals surface area contributed by atoms with Crippen LogP contribution in [0, 0.1) is 0 Å². The van der Waals surface area contributed by atoms with Crippen molar-refractivity contribution >= 4 is 17.8 Å². The highest BCUT2D eigenvalue weighted by atomic mass is 19.4. The van der Waals surface area contributed by atoms with Crippen LogP contribution in [0.1, 0.15) is 64.2 Å². The minimum atomic E-state index is -4.84. The van der Waals surface area contributed by atoms with Gasteiger partial charge in [-0.25, -0.2) is 0 Å². The standard InChI is InChI=1S/C16H27F3N2O4/c17-16(18,19)15(25)21-12-8-3-1-5-9-13(22)20-11-7-4-2-6-10-14(23)24/h1-12H2,(H,20,22)(H,21,25)(H,23,24). The Hall–Kier alpha value is -1.80. The molecule has 2 amide bonds. The molecule has 0 bridgehead atoms. The topological polar surface area (TPSA) is 95.5 Å². The molecule has 0 aromatic rings. The molecule has 0 unspecified atom stereocenters. The lowest BCUT2D eigenvalue weighted by Gasteiger charge is -2.07. The van der Waals surface area contributed by atoms with E-state index in [1.165, 1.54) is 0 Å². The molecule has 0 fully saturated rings. The molecule has 0 spiro atoms. The third kappa shape index (κ3) is 15.5. The van der Waals surface area contributed by atoms with Gasteiger partial charge < -0.3 is 15.7 Å². The molecule has 0 saturated heterocycles. The lowest BCUT2D eigenvalue weighted by Crippen LogP contribution is -2.37. The Labute approximate surface area is 145 Å². The number of carboxylic acid groups (broad SMARTS) is 1. The molecular weight excluding hydrogens is 341 g/mol. The van der Waals surface area contributed by atoms with Crippen LogP contribution in [0.2, 0.25) is 0 Å². The monoisotopic (exact) mass is 368 g/mol. The van der Waals surface area contributed by atoms with Crippen LogP contribution in [0.25, 0.3) is 0 Å². The summed E-state index contributed by atoms with van der Waals surface area (Å²) in [6.07, 6.45) is 1.31. The van der Waals surface area contributed by atoms with Gasteiger partial charge in [0.05, 0.1) is 0 Å². The first kappa shape index (κ1) is 23.2. The van der Waals surface area contributed by atoms with Gasteiger partial charge in [0.15, 0.2) is 0 Å². The number of halogens is 3. The van der Waals surface area contributed by atoms with Gasteiger partial charge in [0.25, 0.3) is 0 Å². The largest absolute Gasteiger partial charge is 0.481 e. The number of rotatable bonds is 14. The number of carbonyl (C=O) groups is 3. The van der Waals surface area contributed by atoms with Gasteiger partial charge in [0.1, 0.15) is 0 Å². The number of hydrogen-bond donors (Lipinski definition) is 3. The molecule has 0 aromatic carbocycles. The summed E-state index contributed by atoms with van der Waals surface area (Å²) in [5.41, 5.74) is 0. The van der Waals surface area contributed by atoms with Crippen LogP contribution in [0.3, 0.4) is 0 Å². The van der Waals surface area contributed by atoms with Crippen molar-refractivity contribution in [3.8, 4) is 0 Å². The number of carboxylic acids is 1. The fourth-order valence-corrected chi connectivity index (χ4v) is 2.14. The van der Waals surface area contributed by atoms with Gasteiger partial charge in [-0.2, -0.15) is 13.2 Å². The van der Waals surface area contributed by atoms with Crippen LogP contribution in [0.5, 0.6) is 0 Å². The molecule has 0 saturated carbocycles. The molecule has 0 atom stereocenters. The van der Waals surface area contributed by atoms with E-state index < -0.39 is 18.1 Å². The van der Waals surface area contributed by atoms with Crippen molar-refractivity contribution in [1.82, 2.24) is 10.6 Å². The maximum atomic E-state index is 11.9. The second kappa shape index (κ2) is 13.5. The summed E-state index contributed by atoms with van der Waals surface area (Å²) in [6, 6.07) is 0. The van der Waals surface area contributed by atoms with E-state index in [9.17, 15) is 27.6 Å². The molecule has 0 aliphatic heterocycles. The van der Waals surface area contributed by atoms with Crippen molar-refractivity contribution in [1.29, 1.82) is 0 Å². The van der Waals surface area contributed by atoms with E-state index >= 15 is 0 Å². The maximum absolute atomic E-state index is 11.9. The van der Waals surface area contributed by atoms with Crippen LogP contribution >= 0.6 is 0 Å². The van der Waals surface area contributed by atoms with Crippen LogP contribution in [-0.4, -0.2) is 42.2 Å². The average Bonchev–Trinajstić information content (AvgIpc) is 2.51. The quantitative estimate of drug-likeness (QED) is 0.411. The maximum Gasteiger partial charge on any atom is 0.471 e. The molecule has 9 heteroatoms. The zero-order chi connectivity index (χ0) is 19.1. The summed E-state index contributed by atoms with van der Waals surface area (Å²) in [5, 5.41) is 13.1. The number of nitrogens with one attached hydrogen (secondary N) is 2. The predicted molar refractivity (Wildman–Crippen MR) is 85.9 cm³/mol. The molecule has 146 valence electrons. The predicted octanol–water partition coefficient (Wildman–Crippen LogP) is 2.77. The second-order valence-electron chi connectivity index (χ2n) is 5.83. The van der Waals surface area contributed by atoms with E-state index in [1.54, 1.807) is 5.32 Å². The average molecular weight is 368 g/mol. The van der Waals surface area contributed by atoms with Crippen molar-refractivity contribution in [2.75, 3.05) is 13.1 Å². The fourth-order valence-electron chi connectivity index (χ4n) is 2.14. The van der Waals surface area contributed by atoms with Crippen molar-refractivity contribution in [2.45, 2.75) is 70.4 Å². The molecule has 3 N–H and O–H groups in total. The summed E-state index contributed by atoms with van der Waals surface area (Å²) in [5.74, 6) is -2.78. The van der Waals surface area contributed by atoms with Gasteiger partial charge in [-0.1, -0.05) is 25.7 Å². The lowest BCUT2D eigenvalue weighted by molar-refractivity contribution is -0.173. The van der Waals surface area contributed by atoms with Gasteiger partial charge in [0, 0.05) is 25.9 Å². The van der Waals surface area contributed by atoms with Crippen molar-refractivity contribution in [2.24, 2.45) is 0 Å². The van der Waals surface area contributed by atoms with E-state index in [-0.39, 0.29) is 18.9 Å². The lowest BCUT2D eigenvalue weighted by atomic mass is 10.1. The Kier molecular flexibility index (Phi) is 12.5. The van der Waals surface area contributed by atoms with Gasteiger partial charge in [-0.15, -0.1) is 0 Å². The van der Waals surface area contributed by atoms with Gasteiger partial charge in [-0.05, 0) is 25.7 Å². The Morgan fingerprint density at radius 1 is 0.720 bits per heavy atom. The molecule has 0 aromatic heterocycles. The van der Waals surface area contributed by atoms with Crippen molar-refractivity contribution in [3.63, 3.8) is 0 Å². The third-order valence-electron chi connectivity index (χ3n) is 3.51. The number of carbonyl (C=O) groups excluding carboxylic acids is 2. The smallest absolute Gasteiger partial charge is 0.471 e. The highest BCUT2D eigenvalue weighted by molar-refractivity contribution is 5.81. The normalized spacial score (nSPS) is 11.2. The highest BCUT2D eigenvalue weighted by Gasteiger charge is 2.38. The number of alkyl halides is 3. The first-order valence-electron chi connectivity index (χ1n) is 8.57. The molecule has 0 radical (unpaired) electrons. The molecule has 0 aliphatic rings. The Morgan fingerprint density at radius 3 is 1.72 bits per heavy atom. The zero-order valence-corrected chi connectivity index (χ0v) is 14.3. The van der Waals surface area contributed by atoms with Gasteiger partial charge >= 0.3 is 18.1 Å². The first-order chi connectivity index (χ1) is 11.7. The summed E-state index contributed by atoms with van der Waals surface area (Å²) in [4.78, 5) is 32.4. The Balaban J connectivity index is 3.36. The van der Waals surface area contributed by atoms with Crippen molar-refractivity contribution in [3.05, 3.63) is 0 Å².